The molecule has 0 bridgehead atoms. The molecule has 0 N–H and O–H groups in total. The second-order valence-electron chi connectivity index (χ2n) is 14.2. The predicted octanol–water partition coefficient (Wildman–Crippen LogP) is 14.4. The molecule has 0 aliphatic carbocycles. The van der Waals surface area contributed by atoms with Crippen molar-refractivity contribution in [3.05, 3.63) is 146 Å². The first-order valence-electron chi connectivity index (χ1n) is 17.8. The molecule has 0 amide bonds. The van der Waals surface area contributed by atoms with Gasteiger partial charge in [-0.25, -0.2) is 0 Å². The maximum absolute atomic E-state index is 2.40. The average Bonchev–Trinajstić information content (AvgIpc) is 3.76. The van der Waals surface area contributed by atoms with Crippen LogP contribution in [0.1, 0.15) is 0 Å². The number of hydrogen-bond acceptors (Lipinski definition) is 4. The number of benzene rings is 8. The van der Waals surface area contributed by atoms with Gasteiger partial charge in [-0.3, -0.25) is 0 Å². The lowest BCUT2D eigenvalue weighted by Gasteiger charge is -2.36. The molecule has 2 aliphatic rings. The zero-order valence-electron chi connectivity index (χ0n) is 28.6. The van der Waals surface area contributed by atoms with Gasteiger partial charge >= 0.3 is 0 Å². The van der Waals surface area contributed by atoms with Crippen molar-refractivity contribution in [3.8, 4) is 44.5 Å². The highest BCUT2D eigenvalue weighted by Gasteiger charge is 2.30. The Balaban J connectivity index is 0.980. The Morgan fingerprint density at radius 3 is 1.19 bits per heavy atom. The summed E-state index contributed by atoms with van der Waals surface area (Å²) in [6, 6.07) is 54.8. The lowest BCUT2D eigenvalue weighted by molar-refractivity contribution is 1.19. The van der Waals surface area contributed by atoms with Crippen LogP contribution >= 0.6 is 22.7 Å². The monoisotopic (exact) mass is 698 g/mol. The molecule has 4 heterocycles. The largest absolute Gasteiger partial charge is 0.344 e. The topological polar surface area (TPSA) is 6.48 Å². The zero-order chi connectivity index (χ0) is 34.2. The molecule has 2 aromatic heterocycles. The highest BCUT2D eigenvalue weighted by Crippen LogP contribution is 2.56. The molecule has 0 saturated carbocycles. The Morgan fingerprint density at radius 1 is 0.327 bits per heavy atom. The van der Waals surface area contributed by atoms with Crippen molar-refractivity contribution in [2.75, 3.05) is 23.9 Å². The van der Waals surface area contributed by atoms with Crippen LogP contribution in [0.3, 0.4) is 0 Å². The Hall–Kier alpha value is -5.94. The van der Waals surface area contributed by atoms with E-state index in [1.54, 1.807) is 0 Å². The van der Waals surface area contributed by atoms with Crippen LogP contribution < -0.4 is 9.80 Å². The molecule has 244 valence electrons. The number of hydrogen-bond donors (Lipinski definition) is 0. The van der Waals surface area contributed by atoms with Crippen molar-refractivity contribution in [2.24, 2.45) is 0 Å². The van der Waals surface area contributed by atoms with Crippen molar-refractivity contribution < 1.29 is 0 Å². The molecule has 0 spiro atoms. The number of anilines is 4. The van der Waals surface area contributed by atoms with Crippen molar-refractivity contribution in [1.29, 1.82) is 0 Å². The highest BCUT2D eigenvalue weighted by molar-refractivity contribution is 7.26. The molecule has 2 aliphatic heterocycles. The maximum Gasteiger partial charge on any atom is 0.0496 e. The molecule has 0 unspecified atom stereocenters. The van der Waals surface area contributed by atoms with E-state index in [2.05, 4.69) is 169 Å². The van der Waals surface area contributed by atoms with Crippen LogP contribution in [-0.4, -0.2) is 14.1 Å². The summed E-state index contributed by atoms with van der Waals surface area (Å²) in [5.41, 5.74) is 15.2. The first-order chi connectivity index (χ1) is 25.6. The molecule has 2 nitrogen and oxygen atoms in total. The van der Waals surface area contributed by atoms with Gasteiger partial charge in [-0.2, -0.15) is 0 Å². The first kappa shape index (κ1) is 28.7. The van der Waals surface area contributed by atoms with Crippen LogP contribution in [0, 0.1) is 0 Å². The molecule has 12 rings (SSSR count). The highest BCUT2D eigenvalue weighted by atomic mass is 32.1. The van der Waals surface area contributed by atoms with E-state index in [0.717, 1.165) is 0 Å². The molecule has 0 fully saturated rings. The van der Waals surface area contributed by atoms with Crippen molar-refractivity contribution in [3.63, 3.8) is 0 Å². The van der Waals surface area contributed by atoms with E-state index in [9.17, 15) is 0 Å². The Kier molecular flexibility index (Phi) is 5.70. The molecular formula is C48H30N2S2. The number of nitrogens with zero attached hydrogens (tertiary/aromatic N) is 2. The fraction of sp³-hybridized carbons (Fsp3) is 0.0417. The van der Waals surface area contributed by atoms with Gasteiger partial charge in [-0.05, 0) is 94.0 Å². The van der Waals surface area contributed by atoms with Gasteiger partial charge in [0.1, 0.15) is 0 Å². The van der Waals surface area contributed by atoms with Gasteiger partial charge in [-0.15, -0.1) is 22.7 Å². The molecule has 8 aromatic carbocycles. The SMILES string of the molecule is CN1c2cc(-c3ccc4sc5ccccc5c4c3)ccc2-c2ccc3c4c(ccc1c24)N(C)c1cc(-c2ccc4sc5ccccc5c4c2)ccc1-3. The summed E-state index contributed by atoms with van der Waals surface area (Å²) in [5, 5.41) is 8.01. The third kappa shape index (κ3) is 3.83. The average molecular weight is 699 g/mol. The number of thiophene rings is 2. The van der Waals surface area contributed by atoms with Crippen LogP contribution in [0.4, 0.5) is 22.7 Å². The Labute approximate surface area is 309 Å². The molecule has 0 radical (unpaired) electrons. The molecule has 0 atom stereocenters. The van der Waals surface area contributed by atoms with E-state index in [1.165, 1.54) is 118 Å². The smallest absolute Gasteiger partial charge is 0.0496 e. The van der Waals surface area contributed by atoms with Gasteiger partial charge in [0.2, 0.25) is 0 Å². The molecule has 4 heteroatoms. The molecule has 52 heavy (non-hydrogen) atoms. The Morgan fingerprint density at radius 2 is 0.712 bits per heavy atom. The van der Waals surface area contributed by atoms with Gasteiger partial charge in [0, 0.05) is 99.1 Å². The maximum atomic E-state index is 2.40. The van der Waals surface area contributed by atoms with Gasteiger partial charge in [0.25, 0.3) is 0 Å². The van der Waals surface area contributed by atoms with E-state index in [-0.39, 0.29) is 0 Å². The van der Waals surface area contributed by atoms with E-state index >= 15 is 0 Å². The predicted molar refractivity (Wildman–Crippen MR) is 228 cm³/mol. The summed E-state index contributed by atoms with van der Waals surface area (Å²) >= 11 is 3.74. The van der Waals surface area contributed by atoms with Crippen LogP contribution in [0.2, 0.25) is 0 Å². The van der Waals surface area contributed by atoms with E-state index < -0.39 is 0 Å². The summed E-state index contributed by atoms with van der Waals surface area (Å²) in [6.07, 6.45) is 0. The normalized spacial score (nSPS) is 13.1. The number of fused-ring (bicyclic) bond motifs is 10. The minimum absolute atomic E-state index is 1.24. The van der Waals surface area contributed by atoms with Crippen LogP contribution in [0.25, 0.3) is 95.6 Å². The Bertz CT molecular complexity index is 2970. The molecular weight excluding hydrogens is 669 g/mol. The minimum Gasteiger partial charge on any atom is -0.344 e. The lowest BCUT2D eigenvalue weighted by atomic mass is 9.83. The summed E-state index contributed by atoms with van der Waals surface area (Å²) in [7, 11) is 4.46. The second kappa shape index (κ2) is 10.3. The van der Waals surface area contributed by atoms with Gasteiger partial charge in [-0.1, -0.05) is 84.9 Å². The summed E-state index contributed by atoms with van der Waals surface area (Å²) in [5.74, 6) is 0. The fourth-order valence-electron chi connectivity index (χ4n) is 8.97. The van der Waals surface area contributed by atoms with Gasteiger partial charge in [0.05, 0.1) is 0 Å². The zero-order valence-corrected chi connectivity index (χ0v) is 30.2. The third-order valence-electron chi connectivity index (χ3n) is 11.6. The summed E-state index contributed by atoms with van der Waals surface area (Å²) in [4.78, 5) is 4.80. The van der Waals surface area contributed by atoms with Crippen molar-refractivity contribution >= 4 is 96.5 Å². The summed E-state index contributed by atoms with van der Waals surface area (Å²) < 4.78 is 5.36. The van der Waals surface area contributed by atoms with Crippen molar-refractivity contribution in [1.82, 2.24) is 0 Å². The lowest BCUT2D eigenvalue weighted by Crippen LogP contribution is -2.19. The number of rotatable bonds is 2. The van der Waals surface area contributed by atoms with Crippen molar-refractivity contribution in [2.45, 2.75) is 0 Å². The third-order valence-corrected chi connectivity index (χ3v) is 13.9. The quantitative estimate of drug-likeness (QED) is 0.177. The fourth-order valence-corrected chi connectivity index (χ4v) is 11.1. The van der Waals surface area contributed by atoms with Crippen LogP contribution in [0.5, 0.6) is 0 Å². The van der Waals surface area contributed by atoms with E-state index in [1.807, 2.05) is 22.7 Å². The van der Waals surface area contributed by atoms with E-state index in [0.29, 0.717) is 0 Å². The van der Waals surface area contributed by atoms with Gasteiger partial charge in [0.15, 0.2) is 0 Å². The molecule has 0 saturated heterocycles. The van der Waals surface area contributed by atoms with Crippen LogP contribution in [-0.2, 0) is 0 Å². The van der Waals surface area contributed by atoms with E-state index in [4.69, 9.17) is 0 Å². The standard InChI is InChI=1S/C48H30N2S2/c1-49-39-19-20-40-48-36(32-16-12-30(26-42(32)50(40)2)28-14-22-46-38(24-28)34-8-4-6-10-44(34)52-46)18-17-35(47(39)48)31-15-11-29(25-41(31)49)27-13-21-45-37(23-27)33-7-3-5-9-43(33)51-45/h3-26H,1-2H3. The summed E-state index contributed by atoms with van der Waals surface area (Å²) in [6.45, 7) is 0. The molecule has 10 aromatic rings. The minimum atomic E-state index is 1.24. The van der Waals surface area contributed by atoms with Gasteiger partial charge < -0.3 is 9.80 Å². The second-order valence-corrected chi connectivity index (χ2v) is 16.4. The first-order valence-corrected chi connectivity index (χ1v) is 19.4. The van der Waals surface area contributed by atoms with Crippen LogP contribution in [0.15, 0.2) is 146 Å².